The maximum Gasteiger partial charge on any atom is 0.251 e. The van der Waals surface area contributed by atoms with Gasteiger partial charge in [0.05, 0.1) is 6.61 Å². The number of amides is 1. The Balaban J connectivity index is 1.75. The van der Waals surface area contributed by atoms with Gasteiger partial charge in [-0.3, -0.25) is 4.79 Å². The van der Waals surface area contributed by atoms with Gasteiger partial charge in [0.2, 0.25) is 0 Å². The standard InChI is InChI=1S/C18H28N2O2/c1-14-10-15(2)12-17(11-14)18(21)19-13-16-4-6-20(7-5-16)8-9-22-3/h10-12,16H,4-9,13H2,1-3H3,(H,19,21). The average Bonchev–Trinajstić information content (AvgIpc) is 2.50. The highest BCUT2D eigenvalue weighted by molar-refractivity contribution is 5.94. The van der Waals surface area contributed by atoms with Crippen molar-refractivity contribution in [2.24, 2.45) is 5.92 Å². The Morgan fingerprint density at radius 1 is 1.23 bits per heavy atom. The lowest BCUT2D eigenvalue weighted by Gasteiger charge is -2.31. The topological polar surface area (TPSA) is 41.6 Å². The minimum absolute atomic E-state index is 0.0496. The van der Waals surface area contributed by atoms with E-state index in [2.05, 4.69) is 16.3 Å². The second-order valence-electron chi connectivity index (χ2n) is 6.36. The summed E-state index contributed by atoms with van der Waals surface area (Å²) in [5.41, 5.74) is 3.04. The van der Waals surface area contributed by atoms with Gasteiger partial charge in [0.25, 0.3) is 5.91 Å². The fraction of sp³-hybridized carbons (Fsp3) is 0.611. The summed E-state index contributed by atoms with van der Waals surface area (Å²) in [5, 5.41) is 3.10. The quantitative estimate of drug-likeness (QED) is 0.877. The number of nitrogens with one attached hydrogen (secondary N) is 1. The smallest absolute Gasteiger partial charge is 0.251 e. The molecule has 0 atom stereocenters. The Hall–Kier alpha value is -1.39. The van der Waals surface area contributed by atoms with Crippen molar-refractivity contribution in [1.82, 2.24) is 10.2 Å². The van der Waals surface area contributed by atoms with Crippen molar-refractivity contribution in [3.05, 3.63) is 34.9 Å². The molecule has 1 fully saturated rings. The van der Waals surface area contributed by atoms with E-state index in [0.717, 1.165) is 62.3 Å². The number of piperidine rings is 1. The molecule has 0 unspecified atom stereocenters. The summed E-state index contributed by atoms with van der Waals surface area (Å²) in [7, 11) is 1.75. The first-order valence-corrected chi connectivity index (χ1v) is 8.16. The lowest BCUT2D eigenvalue weighted by atomic mass is 9.96. The molecule has 0 saturated carbocycles. The Morgan fingerprint density at radius 3 is 2.45 bits per heavy atom. The van der Waals surface area contributed by atoms with Crippen molar-refractivity contribution in [3.8, 4) is 0 Å². The van der Waals surface area contributed by atoms with E-state index in [1.807, 2.05) is 26.0 Å². The molecular weight excluding hydrogens is 276 g/mol. The molecule has 4 nitrogen and oxygen atoms in total. The Labute approximate surface area is 133 Å². The first kappa shape index (κ1) is 17.0. The summed E-state index contributed by atoms with van der Waals surface area (Å²) < 4.78 is 5.12. The minimum Gasteiger partial charge on any atom is -0.383 e. The maximum absolute atomic E-state index is 12.3. The summed E-state index contributed by atoms with van der Waals surface area (Å²) >= 11 is 0. The highest BCUT2D eigenvalue weighted by Crippen LogP contribution is 2.16. The lowest BCUT2D eigenvalue weighted by molar-refractivity contribution is 0.0925. The fourth-order valence-electron chi connectivity index (χ4n) is 3.08. The van der Waals surface area contributed by atoms with E-state index in [1.165, 1.54) is 0 Å². The van der Waals surface area contributed by atoms with Gasteiger partial charge in [0.15, 0.2) is 0 Å². The van der Waals surface area contributed by atoms with Gasteiger partial charge in [-0.25, -0.2) is 0 Å². The third-order valence-corrected chi connectivity index (χ3v) is 4.35. The van der Waals surface area contributed by atoms with Gasteiger partial charge in [-0.2, -0.15) is 0 Å². The number of rotatable bonds is 6. The minimum atomic E-state index is 0.0496. The Kier molecular flexibility index (Phi) is 6.40. The summed E-state index contributed by atoms with van der Waals surface area (Å²) in [5.74, 6) is 0.641. The number of likely N-dealkylation sites (tertiary alicyclic amines) is 1. The summed E-state index contributed by atoms with van der Waals surface area (Å²) in [6.07, 6.45) is 2.30. The van der Waals surface area contributed by atoms with E-state index in [4.69, 9.17) is 4.74 Å². The van der Waals surface area contributed by atoms with Crippen LogP contribution in [0.3, 0.4) is 0 Å². The normalized spacial score (nSPS) is 16.7. The highest BCUT2D eigenvalue weighted by atomic mass is 16.5. The zero-order valence-corrected chi connectivity index (χ0v) is 14.0. The molecule has 0 spiro atoms. The molecule has 1 aromatic rings. The van der Waals surface area contributed by atoms with Crippen molar-refractivity contribution in [1.29, 1.82) is 0 Å². The summed E-state index contributed by atoms with van der Waals surface area (Å²) in [4.78, 5) is 14.7. The van der Waals surface area contributed by atoms with Crippen LogP contribution in [0.15, 0.2) is 18.2 Å². The third kappa shape index (κ3) is 5.11. The predicted octanol–water partition coefficient (Wildman–Crippen LogP) is 2.39. The molecule has 4 heteroatoms. The molecule has 122 valence electrons. The summed E-state index contributed by atoms with van der Waals surface area (Å²) in [6, 6.07) is 6.00. The van der Waals surface area contributed by atoms with Gasteiger partial charge in [0.1, 0.15) is 0 Å². The molecule has 1 saturated heterocycles. The average molecular weight is 304 g/mol. The number of nitrogens with zero attached hydrogens (tertiary/aromatic N) is 1. The first-order valence-electron chi connectivity index (χ1n) is 8.16. The maximum atomic E-state index is 12.3. The lowest BCUT2D eigenvalue weighted by Crippen LogP contribution is -2.39. The van der Waals surface area contributed by atoms with Crippen LogP contribution in [-0.4, -0.2) is 50.7 Å². The number of benzene rings is 1. The number of carbonyl (C=O) groups is 1. The largest absolute Gasteiger partial charge is 0.383 e. The predicted molar refractivity (Wildman–Crippen MR) is 89.3 cm³/mol. The molecule has 0 aromatic heterocycles. The number of hydrogen-bond donors (Lipinski definition) is 1. The molecule has 0 radical (unpaired) electrons. The second-order valence-corrected chi connectivity index (χ2v) is 6.36. The number of carbonyl (C=O) groups excluding carboxylic acids is 1. The van der Waals surface area contributed by atoms with E-state index in [0.29, 0.717) is 5.92 Å². The van der Waals surface area contributed by atoms with Crippen molar-refractivity contribution < 1.29 is 9.53 Å². The van der Waals surface area contributed by atoms with E-state index in [9.17, 15) is 4.79 Å². The number of methoxy groups -OCH3 is 1. The van der Waals surface area contributed by atoms with Gasteiger partial charge < -0.3 is 15.0 Å². The zero-order chi connectivity index (χ0) is 15.9. The molecule has 22 heavy (non-hydrogen) atoms. The number of hydrogen-bond acceptors (Lipinski definition) is 3. The monoisotopic (exact) mass is 304 g/mol. The van der Waals surface area contributed by atoms with E-state index >= 15 is 0 Å². The van der Waals surface area contributed by atoms with Gasteiger partial charge >= 0.3 is 0 Å². The fourth-order valence-corrected chi connectivity index (χ4v) is 3.08. The van der Waals surface area contributed by atoms with Crippen molar-refractivity contribution in [3.63, 3.8) is 0 Å². The number of ether oxygens (including phenoxy) is 1. The summed E-state index contributed by atoms with van der Waals surface area (Å²) in [6.45, 7) is 8.86. The van der Waals surface area contributed by atoms with Gasteiger partial charge in [-0.1, -0.05) is 17.2 Å². The van der Waals surface area contributed by atoms with Crippen molar-refractivity contribution in [2.75, 3.05) is 39.9 Å². The van der Waals surface area contributed by atoms with Crippen LogP contribution in [0.25, 0.3) is 0 Å². The van der Waals surface area contributed by atoms with Crippen LogP contribution in [-0.2, 0) is 4.74 Å². The van der Waals surface area contributed by atoms with Crippen LogP contribution in [0.1, 0.15) is 34.3 Å². The van der Waals surface area contributed by atoms with Gasteiger partial charge in [-0.15, -0.1) is 0 Å². The molecule has 0 aliphatic carbocycles. The van der Waals surface area contributed by atoms with Crippen LogP contribution < -0.4 is 5.32 Å². The van der Waals surface area contributed by atoms with Gasteiger partial charge in [-0.05, 0) is 57.8 Å². The molecule has 1 N–H and O–H groups in total. The first-order chi connectivity index (χ1) is 10.6. The van der Waals surface area contributed by atoms with Crippen LogP contribution in [0, 0.1) is 19.8 Å². The van der Waals surface area contributed by atoms with Crippen molar-refractivity contribution in [2.45, 2.75) is 26.7 Å². The molecule has 1 heterocycles. The molecule has 1 aromatic carbocycles. The molecule has 0 bridgehead atoms. The number of aryl methyl sites for hydroxylation is 2. The van der Waals surface area contributed by atoms with Crippen LogP contribution in [0.2, 0.25) is 0 Å². The second kappa shape index (κ2) is 8.30. The molecule has 1 aliphatic heterocycles. The molecule has 2 rings (SSSR count). The Bertz CT molecular complexity index is 474. The molecular formula is C18H28N2O2. The van der Waals surface area contributed by atoms with Crippen molar-refractivity contribution >= 4 is 5.91 Å². The highest BCUT2D eigenvalue weighted by Gasteiger charge is 2.19. The van der Waals surface area contributed by atoms with E-state index in [-0.39, 0.29) is 5.91 Å². The van der Waals surface area contributed by atoms with Crippen LogP contribution >= 0.6 is 0 Å². The Morgan fingerprint density at radius 2 is 1.86 bits per heavy atom. The van der Waals surface area contributed by atoms with Gasteiger partial charge in [0, 0.05) is 25.8 Å². The van der Waals surface area contributed by atoms with Crippen LogP contribution in [0.4, 0.5) is 0 Å². The van der Waals surface area contributed by atoms with E-state index in [1.54, 1.807) is 7.11 Å². The third-order valence-electron chi connectivity index (χ3n) is 4.35. The van der Waals surface area contributed by atoms with Crippen LogP contribution in [0.5, 0.6) is 0 Å². The molecule has 1 aliphatic rings. The van der Waals surface area contributed by atoms with E-state index < -0.39 is 0 Å². The molecule has 1 amide bonds. The SMILES string of the molecule is COCCN1CCC(CNC(=O)c2cc(C)cc(C)c2)CC1. The zero-order valence-electron chi connectivity index (χ0n) is 14.0.